The number of amides is 1. The SMILES string of the molecule is COc1ccc(N2C(=O)C(=Cc3cccs3)N=C2SC2CCCC2)cc1Cl. The third kappa shape index (κ3) is 3.93. The zero-order valence-corrected chi connectivity index (χ0v) is 17.2. The van der Waals surface area contributed by atoms with E-state index in [1.54, 1.807) is 47.2 Å². The standard InChI is InChI=1S/C20H19ClN2O2S2/c1-25-18-9-8-13(11-16(18)21)23-19(24)17(12-15-7-4-10-26-15)22-20(23)27-14-5-2-3-6-14/h4,7-12,14H,2-3,5-6H2,1H3. The normalized spacial score (nSPS) is 19.2. The molecule has 2 aromatic rings. The van der Waals surface area contributed by atoms with Crippen LogP contribution >= 0.6 is 34.7 Å². The maximum absolute atomic E-state index is 13.1. The Bertz CT molecular complexity index is 903. The maximum Gasteiger partial charge on any atom is 0.283 e. The molecule has 0 N–H and O–H groups in total. The predicted octanol–water partition coefficient (Wildman–Crippen LogP) is 5.83. The molecule has 0 bridgehead atoms. The molecule has 1 amide bonds. The molecular weight excluding hydrogens is 400 g/mol. The summed E-state index contributed by atoms with van der Waals surface area (Å²) in [6.07, 6.45) is 6.67. The van der Waals surface area contributed by atoms with Crippen LogP contribution in [0.5, 0.6) is 5.75 Å². The number of nitrogens with zero attached hydrogens (tertiary/aromatic N) is 2. The Labute approximate surface area is 171 Å². The Kier molecular flexibility index (Phi) is 5.57. The van der Waals surface area contributed by atoms with Gasteiger partial charge in [0.1, 0.15) is 11.4 Å². The van der Waals surface area contributed by atoms with Gasteiger partial charge < -0.3 is 4.74 Å². The highest BCUT2D eigenvalue weighted by molar-refractivity contribution is 8.14. The van der Waals surface area contributed by atoms with Crippen molar-refractivity contribution in [1.29, 1.82) is 0 Å². The molecule has 0 saturated heterocycles. The zero-order valence-electron chi connectivity index (χ0n) is 14.9. The second kappa shape index (κ2) is 8.09. The average Bonchev–Trinajstić information content (AvgIpc) is 3.39. The fraction of sp³-hybridized carbons (Fsp3) is 0.300. The van der Waals surface area contributed by atoms with E-state index in [0.29, 0.717) is 27.4 Å². The minimum atomic E-state index is -0.120. The van der Waals surface area contributed by atoms with Crippen molar-refractivity contribution in [2.24, 2.45) is 4.99 Å². The number of carbonyl (C=O) groups is 1. The van der Waals surface area contributed by atoms with Gasteiger partial charge in [-0.2, -0.15) is 0 Å². The summed E-state index contributed by atoms with van der Waals surface area (Å²) < 4.78 is 5.23. The lowest BCUT2D eigenvalue weighted by Gasteiger charge is -2.20. The Balaban J connectivity index is 1.69. The number of benzene rings is 1. The lowest BCUT2D eigenvalue weighted by Crippen LogP contribution is -2.31. The topological polar surface area (TPSA) is 41.9 Å². The van der Waals surface area contributed by atoms with E-state index in [9.17, 15) is 4.79 Å². The summed E-state index contributed by atoms with van der Waals surface area (Å²) in [4.78, 5) is 20.5. The molecule has 4 rings (SSSR count). The van der Waals surface area contributed by atoms with Crippen molar-refractivity contribution in [3.8, 4) is 5.75 Å². The van der Waals surface area contributed by atoms with Gasteiger partial charge in [-0.3, -0.25) is 9.69 Å². The highest BCUT2D eigenvalue weighted by atomic mass is 35.5. The molecule has 1 aromatic carbocycles. The first-order valence-electron chi connectivity index (χ1n) is 8.84. The minimum Gasteiger partial charge on any atom is -0.495 e. The molecular formula is C20H19ClN2O2S2. The minimum absolute atomic E-state index is 0.120. The molecule has 0 unspecified atom stereocenters. The molecule has 2 aliphatic rings. The van der Waals surface area contributed by atoms with Gasteiger partial charge in [0, 0.05) is 10.1 Å². The van der Waals surface area contributed by atoms with E-state index < -0.39 is 0 Å². The number of halogens is 1. The quantitative estimate of drug-likeness (QED) is 0.586. The van der Waals surface area contributed by atoms with Crippen LogP contribution in [-0.2, 0) is 4.79 Å². The number of rotatable bonds is 4. The number of aliphatic imine (C=N–C) groups is 1. The second-order valence-electron chi connectivity index (χ2n) is 6.42. The Morgan fingerprint density at radius 3 is 2.81 bits per heavy atom. The van der Waals surface area contributed by atoms with Crippen LogP contribution < -0.4 is 9.64 Å². The van der Waals surface area contributed by atoms with Crippen molar-refractivity contribution in [3.63, 3.8) is 0 Å². The highest BCUT2D eigenvalue weighted by Crippen LogP contribution is 2.38. The summed E-state index contributed by atoms with van der Waals surface area (Å²) in [6.45, 7) is 0. The molecule has 1 saturated carbocycles. The van der Waals surface area contributed by atoms with Crippen LogP contribution in [0.2, 0.25) is 5.02 Å². The summed E-state index contributed by atoms with van der Waals surface area (Å²) in [5.41, 5.74) is 1.18. The molecule has 1 aromatic heterocycles. The Hall–Kier alpha value is -1.76. The van der Waals surface area contributed by atoms with Gasteiger partial charge in [-0.1, -0.05) is 42.3 Å². The maximum atomic E-state index is 13.1. The molecule has 4 nitrogen and oxygen atoms in total. The molecule has 0 spiro atoms. The Morgan fingerprint density at radius 2 is 2.15 bits per heavy atom. The van der Waals surface area contributed by atoms with Crippen LogP contribution in [0.3, 0.4) is 0 Å². The van der Waals surface area contributed by atoms with Gasteiger partial charge in [-0.05, 0) is 48.6 Å². The predicted molar refractivity (Wildman–Crippen MR) is 115 cm³/mol. The first-order valence-corrected chi connectivity index (χ1v) is 11.0. The first kappa shape index (κ1) is 18.6. The molecule has 1 fully saturated rings. The fourth-order valence-corrected chi connectivity index (χ4v) is 5.48. The van der Waals surface area contributed by atoms with E-state index >= 15 is 0 Å². The van der Waals surface area contributed by atoms with Gasteiger partial charge in [0.2, 0.25) is 0 Å². The largest absolute Gasteiger partial charge is 0.495 e. The molecule has 0 atom stereocenters. The van der Waals surface area contributed by atoms with Crippen molar-refractivity contribution in [2.75, 3.05) is 12.0 Å². The summed E-state index contributed by atoms with van der Waals surface area (Å²) >= 11 is 9.59. The van der Waals surface area contributed by atoms with Gasteiger partial charge >= 0.3 is 0 Å². The third-order valence-electron chi connectivity index (χ3n) is 4.62. The lowest BCUT2D eigenvalue weighted by atomic mass is 10.2. The molecule has 1 aliphatic heterocycles. The summed E-state index contributed by atoms with van der Waals surface area (Å²) in [7, 11) is 1.58. The molecule has 2 heterocycles. The lowest BCUT2D eigenvalue weighted by molar-refractivity contribution is -0.113. The molecule has 140 valence electrons. The van der Waals surface area contributed by atoms with Gasteiger partial charge in [-0.15, -0.1) is 11.3 Å². The first-order chi connectivity index (χ1) is 13.2. The van der Waals surface area contributed by atoms with Crippen LogP contribution in [-0.4, -0.2) is 23.4 Å². The summed E-state index contributed by atoms with van der Waals surface area (Å²) in [6, 6.07) is 9.34. The number of thioether (sulfide) groups is 1. The van der Waals surface area contributed by atoms with Crippen molar-refractivity contribution in [1.82, 2.24) is 0 Å². The third-order valence-corrected chi connectivity index (χ3v) is 7.02. The van der Waals surface area contributed by atoms with Crippen LogP contribution in [0.1, 0.15) is 30.6 Å². The number of hydrogen-bond donors (Lipinski definition) is 0. The molecule has 27 heavy (non-hydrogen) atoms. The van der Waals surface area contributed by atoms with Crippen molar-refractivity contribution in [3.05, 3.63) is 51.3 Å². The van der Waals surface area contributed by atoms with Crippen molar-refractivity contribution >= 4 is 57.5 Å². The number of hydrogen-bond acceptors (Lipinski definition) is 5. The van der Waals surface area contributed by atoms with E-state index in [1.807, 2.05) is 29.7 Å². The van der Waals surface area contributed by atoms with Crippen LogP contribution in [0.15, 0.2) is 46.4 Å². The van der Waals surface area contributed by atoms with Gasteiger partial charge in [0.05, 0.1) is 17.8 Å². The number of amidine groups is 1. The second-order valence-corrected chi connectivity index (χ2v) is 9.08. The fourth-order valence-electron chi connectivity index (χ4n) is 3.26. The smallest absolute Gasteiger partial charge is 0.283 e. The van der Waals surface area contributed by atoms with Gasteiger partial charge in [0.25, 0.3) is 5.91 Å². The molecule has 7 heteroatoms. The number of ether oxygens (including phenoxy) is 1. The van der Waals surface area contributed by atoms with Crippen LogP contribution in [0.4, 0.5) is 5.69 Å². The average molecular weight is 419 g/mol. The van der Waals surface area contributed by atoms with E-state index in [2.05, 4.69) is 4.99 Å². The highest BCUT2D eigenvalue weighted by Gasteiger charge is 2.34. The molecule has 1 aliphatic carbocycles. The monoisotopic (exact) mass is 418 g/mol. The van der Waals surface area contributed by atoms with Crippen LogP contribution in [0.25, 0.3) is 6.08 Å². The van der Waals surface area contributed by atoms with Crippen LogP contribution in [0, 0.1) is 0 Å². The van der Waals surface area contributed by atoms with Gasteiger partial charge in [0.15, 0.2) is 5.17 Å². The number of carbonyl (C=O) groups excluding carboxylic acids is 1. The van der Waals surface area contributed by atoms with Gasteiger partial charge in [-0.25, -0.2) is 4.99 Å². The van der Waals surface area contributed by atoms with E-state index in [-0.39, 0.29) is 5.91 Å². The Morgan fingerprint density at radius 1 is 1.33 bits per heavy atom. The number of thiophene rings is 1. The van der Waals surface area contributed by atoms with E-state index in [1.165, 1.54) is 25.7 Å². The van der Waals surface area contributed by atoms with Crippen molar-refractivity contribution < 1.29 is 9.53 Å². The molecule has 0 radical (unpaired) electrons. The summed E-state index contributed by atoms with van der Waals surface area (Å²) in [5.74, 6) is 0.466. The van der Waals surface area contributed by atoms with E-state index in [0.717, 1.165) is 10.0 Å². The van der Waals surface area contributed by atoms with E-state index in [4.69, 9.17) is 16.3 Å². The number of anilines is 1. The zero-order chi connectivity index (χ0) is 18.8. The summed E-state index contributed by atoms with van der Waals surface area (Å²) in [5, 5.41) is 3.71. The van der Waals surface area contributed by atoms with Crippen molar-refractivity contribution in [2.45, 2.75) is 30.9 Å². The number of methoxy groups -OCH3 is 1.